The molecule has 1 amide bonds. The Morgan fingerprint density at radius 1 is 1.32 bits per heavy atom. The minimum absolute atomic E-state index is 0.253. The molecule has 0 unspecified atom stereocenters. The fraction of sp³-hybridized carbons (Fsp3) is 0.0833. The number of aromatic nitrogens is 2. The maximum absolute atomic E-state index is 12.0. The zero-order valence-electron chi connectivity index (χ0n) is 10.1. The third-order valence-corrected chi connectivity index (χ3v) is 2.50. The predicted octanol–water partition coefficient (Wildman–Crippen LogP) is 1.97. The number of methoxy groups -OCH3 is 1. The molecule has 1 heterocycles. The number of amides is 1. The van der Waals surface area contributed by atoms with E-state index in [0.717, 1.165) is 0 Å². The minimum Gasteiger partial charge on any atom is -0.497 e. The van der Waals surface area contributed by atoms with Gasteiger partial charge in [-0.15, -0.1) is 10.2 Å². The largest absolute Gasteiger partial charge is 0.497 e. The van der Waals surface area contributed by atoms with Gasteiger partial charge in [-0.05, 0) is 24.3 Å². The molecule has 0 aliphatic rings. The molecule has 3 N–H and O–H groups in total. The molecule has 0 saturated carbocycles. The summed E-state index contributed by atoms with van der Waals surface area (Å²) in [6.07, 6.45) is 0. The standard InChI is InChI=1S/C12H11ClN4O2/c1-19-9-5-7(4-8(14)6-9)12(18)15-11-3-2-10(13)16-17-11/h2-6H,14H2,1H3,(H,15,17,18). The summed E-state index contributed by atoms with van der Waals surface area (Å²) in [6, 6.07) is 7.83. The van der Waals surface area contributed by atoms with Gasteiger partial charge in [0, 0.05) is 17.3 Å². The van der Waals surface area contributed by atoms with Crippen molar-refractivity contribution in [1.29, 1.82) is 0 Å². The van der Waals surface area contributed by atoms with E-state index in [1.54, 1.807) is 24.3 Å². The first-order chi connectivity index (χ1) is 9.08. The van der Waals surface area contributed by atoms with E-state index in [2.05, 4.69) is 15.5 Å². The average Bonchev–Trinajstić information content (AvgIpc) is 2.40. The van der Waals surface area contributed by atoms with Crippen molar-refractivity contribution in [3.63, 3.8) is 0 Å². The molecule has 0 fully saturated rings. The SMILES string of the molecule is COc1cc(N)cc(C(=O)Nc2ccc(Cl)nn2)c1. The number of hydrogen-bond donors (Lipinski definition) is 2. The monoisotopic (exact) mass is 278 g/mol. The van der Waals surface area contributed by atoms with E-state index in [0.29, 0.717) is 22.8 Å². The molecule has 19 heavy (non-hydrogen) atoms. The second-order valence-corrected chi connectivity index (χ2v) is 4.08. The molecule has 1 aromatic heterocycles. The topological polar surface area (TPSA) is 90.1 Å². The zero-order valence-corrected chi connectivity index (χ0v) is 10.8. The quantitative estimate of drug-likeness (QED) is 0.838. The van der Waals surface area contributed by atoms with Gasteiger partial charge in [-0.25, -0.2) is 0 Å². The first-order valence-corrected chi connectivity index (χ1v) is 5.71. The van der Waals surface area contributed by atoms with Crippen LogP contribution in [-0.2, 0) is 0 Å². The summed E-state index contributed by atoms with van der Waals surface area (Å²) in [7, 11) is 1.50. The van der Waals surface area contributed by atoms with E-state index >= 15 is 0 Å². The lowest BCUT2D eigenvalue weighted by molar-refractivity contribution is 0.102. The van der Waals surface area contributed by atoms with Crippen LogP contribution in [0.5, 0.6) is 5.75 Å². The Morgan fingerprint density at radius 2 is 2.11 bits per heavy atom. The van der Waals surface area contributed by atoms with Crippen LogP contribution in [0.1, 0.15) is 10.4 Å². The van der Waals surface area contributed by atoms with Gasteiger partial charge in [0.25, 0.3) is 5.91 Å². The first kappa shape index (κ1) is 13.1. The van der Waals surface area contributed by atoms with Gasteiger partial charge >= 0.3 is 0 Å². The Hall–Kier alpha value is -2.34. The van der Waals surface area contributed by atoms with Crippen molar-refractivity contribution in [3.05, 3.63) is 41.0 Å². The van der Waals surface area contributed by atoms with Crippen molar-refractivity contribution >= 4 is 29.0 Å². The van der Waals surface area contributed by atoms with E-state index in [1.807, 2.05) is 0 Å². The maximum atomic E-state index is 12.0. The van der Waals surface area contributed by atoms with Crippen molar-refractivity contribution in [1.82, 2.24) is 10.2 Å². The molecule has 0 bridgehead atoms. The highest BCUT2D eigenvalue weighted by atomic mass is 35.5. The van der Waals surface area contributed by atoms with Gasteiger partial charge in [-0.1, -0.05) is 11.6 Å². The summed E-state index contributed by atoms with van der Waals surface area (Å²) in [5.41, 5.74) is 6.49. The van der Waals surface area contributed by atoms with Crippen molar-refractivity contribution < 1.29 is 9.53 Å². The summed E-state index contributed by atoms with van der Waals surface area (Å²) in [5.74, 6) is 0.449. The van der Waals surface area contributed by atoms with E-state index in [1.165, 1.54) is 13.2 Å². The number of nitrogens with zero attached hydrogens (tertiary/aromatic N) is 2. The fourth-order valence-electron chi connectivity index (χ4n) is 1.44. The molecule has 0 radical (unpaired) electrons. The molecule has 2 rings (SSSR count). The number of nitrogens with one attached hydrogen (secondary N) is 1. The number of halogens is 1. The van der Waals surface area contributed by atoms with Crippen LogP contribution in [0.3, 0.4) is 0 Å². The lowest BCUT2D eigenvalue weighted by Crippen LogP contribution is -2.13. The third kappa shape index (κ3) is 3.32. The van der Waals surface area contributed by atoms with Crippen LogP contribution in [0.15, 0.2) is 30.3 Å². The maximum Gasteiger partial charge on any atom is 0.257 e. The number of hydrogen-bond acceptors (Lipinski definition) is 5. The lowest BCUT2D eigenvalue weighted by Gasteiger charge is -2.07. The number of benzene rings is 1. The third-order valence-electron chi connectivity index (χ3n) is 2.30. The average molecular weight is 279 g/mol. The molecule has 0 saturated heterocycles. The smallest absolute Gasteiger partial charge is 0.257 e. The molecule has 7 heteroatoms. The zero-order chi connectivity index (χ0) is 13.8. The molecule has 2 aromatic rings. The number of nitrogens with two attached hydrogens (primary N) is 1. The van der Waals surface area contributed by atoms with Crippen molar-refractivity contribution in [3.8, 4) is 5.75 Å². The molecule has 6 nitrogen and oxygen atoms in total. The minimum atomic E-state index is -0.359. The molecule has 0 aliphatic carbocycles. The Morgan fingerprint density at radius 3 is 2.74 bits per heavy atom. The van der Waals surface area contributed by atoms with Gasteiger partial charge in [0.15, 0.2) is 11.0 Å². The number of carbonyl (C=O) groups excluding carboxylic acids is 1. The molecule has 0 aliphatic heterocycles. The van der Waals surface area contributed by atoms with Crippen LogP contribution in [0, 0.1) is 0 Å². The predicted molar refractivity (Wildman–Crippen MR) is 72.4 cm³/mol. The second-order valence-electron chi connectivity index (χ2n) is 3.69. The molecule has 0 atom stereocenters. The molecular formula is C12H11ClN4O2. The van der Waals surface area contributed by atoms with Gasteiger partial charge in [0.05, 0.1) is 7.11 Å². The Bertz CT molecular complexity index is 601. The van der Waals surface area contributed by atoms with Gasteiger partial charge < -0.3 is 15.8 Å². The normalized spacial score (nSPS) is 10.0. The Labute approximate surface area is 114 Å². The van der Waals surface area contributed by atoms with Crippen LogP contribution >= 0.6 is 11.6 Å². The number of ether oxygens (including phenoxy) is 1. The highest BCUT2D eigenvalue weighted by Gasteiger charge is 2.09. The van der Waals surface area contributed by atoms with Gasteiger partial charge in [0.1, 0.15) is 5.75 Å². The molecule has 1 aromatic carbocycles. The second kappa shape index (κ2) is 5.53. The van der Waals surface area contributed by atoms with Crippen LogP contribution in [0.4, 0.5) is 11.5 Å². The van der Waals surface area contributed by atoms with Crippen LogP contribution in [0.25, 0.3) is 0 Å². The molecular weight excluding hydrogens is 268 g/mol. The molecule has 0 spiro atoms. The summed E-state index contributed by atoms with van der Waals surface area (Å²) < 4.78 is 5.05. The highest BCUT2D eigenvalue weighted by Crippen LogP contribution is 2.19. The van der Waals surface area contributed by atoms with Crippen LogP contribution in [0.2, 0.25) is 5.15 Å². The van der Waals surface area contributed by atoms with Crippen LogP contribution in [-0.4, -0.2) is 23.2 Å². The van der Waals surface area contributed by atoms with Gasteiger partial charge in [-0.2, -0.15) is 0 Å². The summed E-state index contributed by atoms with van der Waals surface area (Å²) in [5, 5.41) is 10.2. The Kier molecular flexibility index (Phi) is 3.82. The van der Waals surface area contributed by atoms with Crippen LogP contribution < -0.4 is 15.8 Å². The number of rotatable bonds is 3. The van der Waals surface area contributed by atoms with E-state index in [9.17, 15) is 4.79 Å². The summed E-state index contributed by atoms with van der Waals surface area (Å²) in [4.78, 5) is 12.0. The molecule has 98 valence electrons. The van der Waals surface area contributed by atoms with E-state index < -0.39 is 0 Å². The number of carbonyl (C=O) groups is 1. The fourth-order valence-corrected chi connectivity index (χ4v) is 1.54. The summed E-state index contributed by atoms with van der Waals surface area (Å²) in [6.45, 7) is 0. The van der Waals surface area contributed by atoms with Gasteiger partial charge in [0.2, 0.25) is 0 Å². The van der Waals surface area contributed by atoms with Crippen molar-refractivity contribution in [2.45, 2.75) is 0 Å². The highest BCUT2D eigenvalue weighted by molar-refractivity contribution is 6.29. The van der Waals surface area contributed by atoms with E-state index in [4.69, 9.17) is 22.1 Å². The number of anilines is 2. The van der Waals surface area contributed by atoms with Gasteiger partial charge in [-0.3, -0.25) is 4.79 Å². The van der Waals surface area contributed by atoms with E-state index in [-0.39, 0.29) is 11.1 Å². The Balaban J connectivity index is 2.20. The van der Waals surface area contributed by atoms with Crippen molar-refractivity contribution in [2.75, 3.05) is 18.2 Å². The van der Waals surface area contributed by atoms with Crippen molar-refractivity contribution in [2.24, 2.45) is 0 Å². The summed E-state index contributed by atoms with van der Waals surface area (Å²) >= 11 is 5.61. The number of nitrogen functional groups attached to an aromatic ring is 1. The lowest BCUT2D eigenvalue weighted by atomic mass is 10.1. The first-order valence-electron chi connectivity index (χ1n) is 5.33.